The third kappa shape index (κ3) is 1.75. The van der Waals surface area contributed by atoms with Crippen molar-refractivity contribution in [3.05, 3.63) is 35.5 Å². The van der Waals surface area contributed by atoms with Gasteiger partial charge in [0.1, 0.15) is 0 Å². The van der Waals surface area contributed by atoms with Crippen LogP contribution in [-0.2, 0) is 9.47 Å². The minimum Gasteiger partial charge on any atom is -0.465 e. The van der Waals surface area contributed by atoms with Gasteiger partial charge in [0.15, 0.2) is 0 Å². The number of rotatable bonds is 2. The number of carbonyl (C=O) groups excluding carboxylic acids is 2. The zero-order chi connectivity index (χ0) is 12.4. The van der Waals surface area contributed by atoms with Gasteiger partial charge in [-0.05, 0) is 12.1 Å². The van der Waals surface area contributed by atoms with Gasteiger partial charge >= 0.3 is 11.9 Å². The Balaban J connectivity index is 2.74. The SMILES string of the molecule is COC(=O)c1ccc2cc[nH]c2c1C(=O)OC. The van der Waals surface area contributed by atoms with Crippen LogP contribution in [0.1, 0.15) is 20.7 Å². The fraction of sp³-hybridized carbons (Fsp3) is 0.167. The van der Waals surface area contributed by atoms with Gasteiger partial charge in [-0.2, -0.15) is 0 Å². The van der Waals surface area contributed by atoms with E-state index >= 15 is 0 Å². The molecule has 0 aliphatic heterocycles. The van der Waals surface area contributed by atoms with Crippen LogP contribution in [0.3, 0.4) is 0 Å². The monoisotopic (exact) mass is 233 g/mol. The summed E-state index contributed by atoms with van der Waals surface area (Å²) in [5, 5.41) is 0.832. The van der Waals surface area contributed by atoms with Gasteiger partial charge in [0, 0.05) is 11.6 Å². The summed E-state index contributed by atoms with van der Waals surface area (Å²) in [7, 11) is 2.54. The highest BCUT2D eigenvalue weighted by Crippen LogP contribution is 2.22. The lowest BCUT2D eigenvalue weighted by atomic mass is 10.0. The van der Waals surface area contributed by atoms with Crippen LogP contribution in [0.15, 0.2) is 24.4 Å². The maximum Gasteiger partial charge on any atom is 0.340 e. The van der Waals surface area contributed by atoms with Crippen LogP contribution >= 0.6 is 0 Å². The van der Waals surface area contributed by atoms with Crippen molar-refractivity contribution in [3.63, 3.8) is 0 Å². The normalized spacial score (nSPS) is 10.2. The summed E-state index contributed by atoms with van der Waals surface area (Å²) in [6.07, 6.45) is 1.69. The van der Waals surface area contributed by atoms with E-state index in [9.17, 15) is 9.59 Å². The molecule has 0 unspecified atom stereocenters. The second kappa shape index (κ2) is 4.29. The molecule has 0 saturated carbocycles. The number of carbonyl (C=O) groups is 2. The molecule has 5 heteroatoms. The number of methoxy groups -OCH3 is 2. The fourth-order valence-electron chi connectivity index (χ4n) is 1.72. The van der Waals surface area contributed by atoms with E-state index in [1.807, 2.05) is 6.07 Å². The molecule has 1 aromatic heterocycles. The standard InChI is InChI=1S/C12H11NO4/c1-16-11(14)8-4-3-7-5-6-13-10(7)9(8)12(15)17-2/h3-6,13H,1-2H3. The Hall–Kier alpha value is -2.30. The Morgan fingerprint density at radius 1 is 1.06 bits per heavy atom. The molecule has 88 valence electrons. The molecule has 0 saturated heterocycles. The average Bonchev–Trinajstić information content (AvgIpc) is 2.83. The summed E-state index contributed by atoms with van der Waals surface area (Å²) in [6, 6.07) is 5.10. The first-order chi connectivity index (χ1) is 8.19. The number of benzene rings is 1. The highest BCUT2D eigenvalue weighted by Gasteiger charge is 2.21. The zero-order valence-corrected chi connectivity index (χ0v) is 9.44. The third-order valence-corrected chi connectivity index (χ3v) is 2.52. The smallest absolute Gasteiger partial charge is 0.340 e. The molecule has 0 fully saturated rings. The van der Waals surface area contributed by atoms with Gasteiger partial charge in [-0.25, -0.2) is 9.59 Å². The molecule has 1 N–H and O–H groups in total. The molecule has 0 amide bonds. The first-order valence-electron chi connectivity index (χ1n) is 4.95. The van der Waals surface area contributed by atoms with Gasteiger partial charge < -0.3 is 14.5 Å². The molecule has 2 aromatic rings. The van der Waals surface area contributed by atoms with Gasteiger partial charge in [0.25, 0.3) is 0 Å². The van der Waals surface area contributed by atoms with Crippen LogP contribution in [0.4, 0.5) is 0 Å². The largest absolute Gasteiger partial charge is 0.465 e. The van der Waals surface area contributed by atoms with Crippen LogP contribution in [0.2, 0.25) is 0 Å². The predicted molar refractivity (Wildman–Crippen MR) is 61.0 cm³/mol. The summed E-state index contributed by atoms with van der Waals surface area (Å²) < 4.78 is 9.32. The Kier molecular flexibility index (Phi) is 2.82. The number of esters is 2. The van der Waals surface area contributed by atoms with Gasteiger partial charge in [0.2, 0.25) is 0 Å². The fourth-order valence-corrected chi connectivity index (χ4v) is 1.72. The highest BCUT2D eigenvalue weighted by atomic mass is 16.5. The van der Waals surface area contributed by atoms with Crippen LogP contribution in [0.5, 0.6) is 0 Å². The van der Waals surface area contributed by atoms with E-state index in [4.69, 9.17) is 0 Å². The van der Waals surface area contributed by atoms with Crippen molar-refractivity contribution >= 4 is 22.8 Å². The van der Waals surface area contributed by atoms with Crippen molar-refractivity contribution in [1.29, 1.82) is 0 Å². The first-order valence-corrected chi connectivity index (χ1v) is 4.95. The lowest BCUT2D eigenvalue weighted by molar-refractivity contribution is 0.0557. The number of nitrogens with one attached hydrogen (secondary N) is 1. The molecule has 0 aliphatic rings. The molecule has 17 heavy (non-hydrogen) atoms. The maximum atomic E-state index is 11.7. The van der Waals surface area contributed by atoms with Crippen molar-refractivity contribution in [1.82, 2.24) is 4.98 Å². The maximum absolute atomic E-state index is 11.7. The summed E-state index contributed by atoms with van der Waals surface area (Å²) >= 11 is 0. The van der Waals surface area contributed by atoms with Crippen LogP contribution in [0.25, 0.3) is 10.9 Å². The summed E-state index contributed by atoms with van der Waals surface area (Å²) in [5.41, 5.74) is 0.955. The number of hydrogen-bond donors (Lipinski definition) is 1. The highest BCUT2D eigenvalue weighted by molar-refractivity contribution is 6.11. The Morgan fingerprint density at radius 2 is 1.76 bits per heavy atom. The molecule has 1 aromatic carbocycles. The van der Waals surface area contributed by atoms with E-state index in [0.29, 0.717) is 5.52 Å². The van der Waals surface area contributed by atoms with Crippen molar-refractivity contribution in [2.45, 2.75) is 0 Å². The molecule has 0 atom stereocenters. The van der Waals surface area contributed by atoms with Crippen molar-refractivity contribution in [2.75, 3.05) is 14.2 Å². The lowest BCUT2D eigenvalue weighted by Gasteiger charge is -2.07. The molecule has 0 bridgehead atoms. The topological polar surface area (TPSA) is 68.4 Å². The van der Waals surface area contributed by atoms with E-state index in [2.05, 4.69) is 14.5 Å². The Bertz CT molecular complexity index is 585. The zero-order valence-electron chi connectivity index (χ0n) is 9.44. The van der Waals surface area contributed by atoms with Crippen molar-refractivity contribution in [3.8, 4) is 0 Å². The van der Waals surface area contributed by atoms with Gasteiger partial charge in [-0.1, -0.05) is 6.07 Å². The van der Waals surface area contributed by atoms with Crippen molar-refractivity contribution in [2.24, 2.45) is 0 Å². The van der Waals surface area contributed by atoms with E-state index in [1.165, 1.54) is 14.2 Å². The predicted octanol–water partition coefficient (Wildman–Crippen LogP) is 1.74. The summed E-state index contributed by atoms with van der Waals surface area (Å²) in [5.74, 6) is -1.14. The first kappa shape index (κ1) is 11.2. The average molecular weight is 233 g/mol. The van der Waals surface area contributed by atoms with Crippen LogP contribution in [0, 0.1) is 0 Å². The number of aromatic nitrogens is 1. The molecule has 5 nitrogen and oxygen atoms in total. The summed E-state index contributed by atoms with van der Waals surface area (Å²) in [4.78, 5) is 26.2. The second-order valence-electron chi connectivity index (χ2n) is 3.41. The lowest BCUT2D eigenvalue weighted by Crippen LogP contribution is -2.12. The Labute approximate surface area is 97.3 Å². The van der Waals surface area contributed by atoms with Crippen molar-refractivity contribution < 1.29 is 19.1 Å². The number of aromatic amines is 1. The quantitative estimate of drug-likeness (QED) is 0.802. The molecule has 0 radical (unpaired) electrons. The number of ether oxygens (including phenoxy) is 2. The second-order valence-corrected chi connectivity index (χ2v) is 3.41. The van der Waals surface area contributed by atoms with Gasteiger partial charge in [-0.3, -0.25) is 0 Å². The van der Waals surface area contributed by atoms with E-state index in [-0.39, 0.29) is 11.1 Å². The summed E-state index contributed by atoms with van der Waals surface area (Å²) in [6.45, 7) is 0. The van der Waals surface area contributed by atoms with Gasteiger partial charge in [-0.15, -0.1) is 0 Å². The molecular formula is C12H11NO4. The number of fused-ring (bicyclic) bond motifs is 1. The minimum absolute atomic E-state index is 0.189. The molecule has 0 aliphatic carbocycles. The molecule has 2 rings (SSSR count). The molecule has 1 heterocycles. The van der Waals surface area contributed by atoms with E-state index < -0.39 is 11.9 Å². The Morgan fingerprint density at radius 3 is 2.41 bits per heavy atom. The molecular weight excluding hydrogens is 222 g/mol. The van der Waals surface area contributed by atoms with Crippen LogP contribution < -0.4 is 0 Å². The van der Waals surface area contributed by atoms with E-state index in [0.717, 1.165) is 5.39 Å². The number of H-pyrrole nitrogens is 1. The number of hydrogen-bond acceptors (Lipinski definition) is 4. The third-order valence-electron chi connectivity index (χ3n) is 2.52. The minimum atomic E-state index is -0.571. The molecule has 0 spiro atoms. The van der Waals surface area contributed by atoms with Gasteiger partial charge in [0.05, 0.1) is 30.9 Å². The van der Waals surface area contributed by atoms with E-state index in [1.54, 1.807) is 18.3 Å². The van der Waals surface area contributed by atoms with Crippen LogP contribution in [-0.4, -0.2) is 31.1 Å².